The molecule has 2 rings (SSSR count). The molecule has 0 unspecified atom stereocenters. The fourth-order valence-electron chi connectivity index (χ4n) is 1.37. The zero-order valence-electron chi connectivity index (χ0n) is 8.88. The van der Waals surface area contributed by atoms with Crippen molar-refractivity contribution in [2.75, 3.05) is 0 Å². The van der Waals surface area contributed by atoms with Gasteiger partial charge >= 0.3 is 0 Å². The molecule has 0 saturated heterocycles. The monoisotopic (exact) mass is 199 g/mol. The van der Waals surface area contributed by atoms with Crippen LogP contribution in [-0.2, 0) is 0 Å². The Kier molecular flexibility index (Phi) is 2.63. The highest BCUT2D eigenvalue weighted by molar-refractivity contribution is 5.73. The number of aromatic nitrogens is 3. The van der Waals surface area contributed by atoms with E-state index in [1.54, 1.807) is 11.0 Å². The lowest BCUT2D eigenvalue weighted by Gasteiger charge is -2.01. The first-order valence-electron chi connectivity index (χ1n) is 4.85. The lowest BCUT2D eigenvalue weighted by Crippen LogP contribution is -1.88. The van der Waals surface area contributed by atoms with E-state index in [1.807, 2.05) is 6.20 Å². The zero-order chi connectivity index (χ0) is 10.7. The van der Waals surface area contributed by atoms with Gasteiger partial charge in [0.1, 0.15) is 12.7 Å². The van der Waals surface area contributed by atoms with Crippen LogP contribution in [0.3, 0.4) is 0 Å². The molecular weight excluding hydrogens is 186 g/mol. The molecule has 15 heavy (non-hydrogen) atoms. The van der Waals surface area contributed by atoms with Crippen molar-refractivity contribution < 1.29 is 0 Å². The lowest BCUT2D eigenvalue weighted by molar-refractivity contribution is 0.934. The fraction of sp³-hybridized carbons (Fsp3) is 0.167. The third-order valence-electron chi connectivity index (χ3n) is 2.27. The maximum Gasteiger partial charge on any atom is 0.138 e. The first-order chi connectivity index (χ1) is 7.25. The normalized spacial score (nSPS) is 11.7. The summed E-state index contributed by atoms with van der Waals surface area (Å²) in [5.74, 6) is 0. The van der Waals surface area contributed by atoms with Crippen LogP contribution in [0, 0.1) is 6.92 Å². The summed E-state index contributed by atoms with van der Waals surface area (Å²) in [5, 5.41) is 4.03. The van der Waals surface area contributed by atoms with Crippen molar-refractivity contribution in [1.82, 2.24) is 14.8 Å². The Morgan fingerprint density at radius 1 is 1.27 bits per heavy atom. The number of aryl methyl sites for hydroxylation is 1. The Labute approximate surface area is 89.1 Å². The molecule has 0 atom stereocenters. The maximum atomic E-state index is 4.03. The van der Waals surface area contributed by atoms with Crippen molar-refractivity contribution in [2.24, 2.45) is 0 Å². The van der Waals surface area contributed by atoms with Crippen molar-refractivity contribution in [2.45, 2.75) is 13.8 Å². The molecule has 0 amide bonds. The summed E-state index contributed by atoms with van der Waals surface area (Å²) in [6.45, 7) is 4.15. The van der Waals surface area contributed by atoms with Crippen molar-refractivity contribution in [3.05, 3.63) is 48.0 Å². The third kappa shape index (κ3) is 2.31. The Bertz CT molecular complexity index is 452. The summed E-state index contributed by atoms with van der Waals surface area (Å²) in [5.41, 5.74) is 3.64. The minimum Gasteiger partial charge on any atom is -0.228 e. The van der Waals surface area contributed by atoms with E-state index in [9.17, 15) is 0 Å². The van der Waals surface area contributed by atoms with E-state index in [0.717, 1.165) is 0 Å². The molecular formula is C12H13N3. The summed E-state index contributed by atoms with van der Waals surface area (Å²) in [7, 11) is 0. The van der Waals surface area contributed by atoms with Crippen LogP contribution in [0.5, 0.6) is 0 Å². The van der Waals surface area contributed by atoms with Crippen molar-refractivity contribution in [1.29, 1.82) is 0 Å². The van der Waals surface area contributed by atoms with E-state index in [0.29, 0.717) is 0 Å². The van der Waals surface area contributed by atoms with Crippen LogP contribution in [0.1, 0.15) is 18.1 Å². The topological polar surface area (TPSA) is 30.7 Å². The average molecular weight is 199 g/mol. The second kappa shape index (κ2) is 4.09. The molecule has 0 saturated carbocycles. The Balaban J connectivity index is 2.28. The molecule has 2 aromatic rings. The van der Waals surface area contributed by atoms with E-state index in [-0.39, 0.29) is 0 Å². The molecule has 3 heteroatoms. The van der Waals surface area contributed by atoms with Crippen LogP contribution in [0.15, 0.2) is 36.9 Å². The molecule has 1 heterocycles. The second-order valence-electron chi connectivity index (χ2n) is 3.55. The molecule has 1 aromatic carbocycles. The van der Waals surface area contributed by atoms with Gasteiger partial charge in [0.25, 0.3) is 0 Å². The van der Waals surface area contributed by atoms with Gasteiger partial charge in [-0.15, -0.1) is 0 Å². The van der Waals surface area contributed by atoms with Crippen LogP contribution in [0.2, 0.25) is 0 Å². The molecule has 0 aliphatic carbocycles. The van der Waals surface area contributed by atoms with Gasteiger partial charge in [-0.05, 0) is 25.0 Å². The average Bonchev–Trinajstić information content (AvgIpc) is 2.71. The van der Waals surface area contributed by atoms with E-state index < -0.39 is 0 Å². The Morgan fingerprint density at radius 2 is 2.00 bits per heavy atom. The second-order valence-corrected chi connectivity index (χ2v) is 3.55. The molecule has 1 aromatic heterocycles. The predicted molar refractivity (Wildman–Crippen MR) is 61.0 cm³/mol. The molecule has 3 nitrogen and oxygen atoms in total. The number of hydrogen-bond donors (Lipinski definition) is 0. The predicted octanol–water partition coefficient (Wildman–Crippen LogP) is 2.60. The minimum absolute atomic E-state index is 1.17. The van der Waals surface area contributed by atoms with Gasteiger partial charge in [0.15, 0.2) is 0 Å². The first kappa shape index (κ1) is 9.65. The molecule has 0 fully saturated rings. The standard InChI is InChI=1S/C12H13N3/c1-10-3-5-12(6-4-10)11(2)7-15-9-13-8-14-15/h3-9H,1-2H3/b11-7-. The van der Waals surface area contributed by atoms with Crippen molar-refractivity contribution in [3.63, 3.8) is 0 Å². The van der Waals surface area contributed by atoms with E-state index >= 15 is 0 Å². The molecule has 76 valence electrons. The SMILES string of the molecule is C/C(=C/n1cncn1)c1ccc(C)cc1. The van der Waals surface area contributed by atoms with Crippen LogP contribution >= 0.6 is 0 Å². The van der Waals surface area contributed by atoms with Crippen LogP contribution in [0.25, 0.3) is 11.8 Å². The molecule has 0 spiro atoms. The zero-order valence-corrected chi connectivity index (χ0v) is 8.88. The van der Waals surface area contributed by atoms with Gasteiger partial charge in [-0.3, -0.25) is 0 Å². The van der Waals surface area contributed by atoms with E-state index in [2.05, 4.69) is 48.2 Å². The molecule has 0 N–H and O–H groups in total. The number of nitrogens with zero attached hydrogens (tertiary/aromatic N) is 3. The summed E-state index contributed by atoms with van der Waals surface area (Å²) in [6.07, 6.45) is 5.16. The maximum absolute atomic E-state index is 4.03. The quantitative estimate of drug-likeness (QED) is 0.744. The van der Waals surface area contributed by atoms with Gasteiger partial charge < -0.3 is 0 Å². The highest BCUT2D eigenvalue weighted by Crippen LogP contribution is 2.14. The molecule has 0 aliphatic rings. The number of allylic oxidation sites excluding steroid dienone is 1. The van der Waals surface area contributed by atoms with Crippen molar-refractivity contribution >= 4 is 11.8 Å². The summed E-state index contributed by atoms with van der Waals surface area (Å²) >= 11 is 0. The number of benzene rings is 1. The summed E-state index contributed by atoms with van der Waals surface area (Å²) in [4.78, 5) is 3.89. The van der Waals surface area contributed by atoms with Gasteiger partial charge in [0.05, 0.1) is 0 Å². The Hall–Kier alpha value is -1.90. The highest BCUT2D eigenvalue weighted by Gasteiger charge is 1.95. The smallest absolute Gasteiger partial charge is 0.138 e. The Morgan fingerprint density at radius 3 is 2.60 bits per heavy atom. The largest absolute Gasteiger partial charge is 0.228 e. The van der Waals surface area contributed by atoms with Gasteiger partial charge in [0.2, 0.25) is 0 Å². The first-order valence-corrected chi connectivity index (χ1v) is 4.85. The van der Waals surface area contributed by atoms with E-state index in [4.69, 9.17) is 0 Å². The van der Waals surface area contributed by atoms with Crippen LogP contribution in [-0.4, -0.2) is 14.8 Å². The van der Waals surface area contributed by atoms with Gasteiger partial charge in [0, 0.05) is 6.20 Å². The van der Waals surface area contributed by atoms with Crippen molar-refractivity contribution in [3.8, 4) is 0 Å². The molecule has 0 radical (unpaired) electrons. The summed E-state index contributed by atoms with van der Waals surface area (Å²) in [6, 6.07) is 8.43. The van der Waals surface area contributed by atoms with Crippen LogP contribution in [0.4, 0.5) is 0 Å². The lowest BCUT2D eigenvalue weighted by atomic mass is 10.1. The summed E-state index contributed by atoms with van der Waals surface area (Å²) < 4.78 is 1.70. The van der Waals surface area contributed by atoms with Gasteiger partial charge in [-0.25, -0.2) is 9.67 Å². The fourth-order valence-corrected chi connectivity index (χ4v) is 1.37. The third-order valence-corrected chi connectivity index (χ3v) is 2.27. The minimum atomic E-state index is 1.17. The molecule has 0 aliphatic heterocycles. The highest BCUT2D eigenvalue weighted by atomic mass is 15.3. The molecule has 0 bridgehead atoms. The van der Waals surface area contributed by atoms with Gasteiger partial charge in [-0.2, -0.15) is 5.10 Å². The van der Waals surface area contributed by atoms with Gasteiger partial charge in [-0.1, -0.05) is 29.8 Å². The number of rotatable bonds is 2. The number of hydrogen-bond acceptors (Lipinski definition) is 2. The van der Waals surface area contributed by atoms with E-state index in [1.165, 1.54) is 23.0 Å². The van der Waals surface area contributed by atoms with Crippen LogP contribution < -0.4 is 0 Å².